The van der Waals surface area contributed by atoms with Gasteiger partial charge < -0.3 is 11.1 Å². The van der Waals surface area contributed by atoms with Gasteiger partial charge >= 0.3 is 6.18 Å². The van der Waals surface area contributed by atoms with Crippen LogP contribution in [0.15, 0.2) is 24.3 Å². The number of amides is 2. The first kappa shape index (κ1) is 17.3. The highest BCUT2D eigenvalue weighted by molar-refractivity contribution is 5.92. The van der Waals surface area contributed by atoms with Crippen LogP contribution < -0.4 is 11.1 Å². The smallest absolute Gasteiger partial charge is 0.367 e. The Labute approximate surface area is 132 Å². The van der Waals surface area contributed by atoms with Gasteiger partial charge in [0.15, 0.2) is 0 Å². The maximum atomic E-state index is 12.9. The number of primary amides is 1. The summed E-state index contributed by atoms with van der Waals surface area (Å²) >= 11 is 0. The van der Waals surface area contributed by atoms with Crippen LogP contribution in [0.2, 0.25) is 0 Å². The number of halogens is 3. The predicted molar refractivity (Wildman–Crippen MR) is 78.1 cm³/mol. The van der Waals surface area contributed by atoms with Crippen LogP contribution in [0.4, 0.5) is 13.2 Å². The minimum atomic E-state index is -4.54. The number of nitrogens with two attached hydrogens (primary N) is 1. The molecule has 0 unspecified atom stereocenters. The molecule has 1 aromatic carbocycles. The zero-order chi connectivity index (χ0) is 17.3. The molecule has 23 heavy (non-hydrogen) atoms. The van der Waals surface area contributed by atoms with E-state index in [0.29, 0.717) is 12.8 Å². The highest BCUT2D eigenvalue weighted by Crippen LogP contribution is 2.33. The second-order valence-electron chi connectivity index (χ2n) is 6.04. The third kappa shape index (κ3) is 3.65. The minimum Gasteiger partial charge on any atom is -0.367 e. The average molecular weight is 328 g/mol. The molecule has 2 rings (SSSR count). The number of benzene rings is 1. The fourth-order valence-electron chi connectivity index (χ4n) is 2.82. The average Bonchev–Trinajstić information content (AvgIpc) is 3.00. The molecule has 126 valence electrons. The van der Waals surface area contributed by atoms with Gasteiger partial charge in [0, 0.05) is 5.92 Å². The van der Waals surface area contributed by atoms with E-state index in [0.717, 1.165) is 25.0 Å². The van der Waals surface area contributed by atoms with Crippen LogP contribution >= 0.6 is 0 Å². The van der Waals surface area contributed by atoms with Crippen molar-refractivity contribution in [1.82, 2.24) is 5.32 Å². The molecular formula is C16H19F3N2O2. The van der Waals surface area contributed by atoms with E-state index in [1.54, 1.807) is 0 Å². The van der Waals surface area contributed by atoms with Crippen molar-refractivity contribution in [2.75, 3.05) is 0 Å². The van der Waals surface area contributed by atoms with Crippen LogP contribution in [0, 0.1) is 5.92 Å². The summed E-state index contributed by atoms with van der Waals surface area (Å²) in [5, 5.41) is 2.55. The molecule has 3 N–H and O–H groups in total. The third-order valence-corrected chi connectivity index (χ3v) is 4.36. The SMILES string of the molecule is C[C@](NC(=O)C1CCCC1)(C(N)=O)c1cccc(C(F)(F)F)c1. The van der Waals surface area contributed by atoms with Gasteiger partial charge in [0.2, 0.25) is 11.8 Å². The quantitative estimate of drug-likeness (QED) is 0.892. The molecule has 7 heteroatoms. The summed E-state index contributed by atoms with van der Waals surface area (Å²) in [6.45, 7) is 1.33. The molecule has 4 nitrogen and oxygen atoms in total. The Kier molecular flexibility index (Phi) is 4.68. The molecule has 0 spiro atoms. The summed E-state index contributed by atoms with van der Waals surface area (Å²) in [5.74, 6) is -1.47. The van der Waals surface area contributed by atoms with Crippen molar-refractivity contribution in [3.8, 4) is 0 Å². The van der Waals surface area contributed by atoms with Crippen molar-refractivity contribution in [3.63, 3.8) is 0 Å². The maximum Gasteiger partial charge on any atom is 0.416 e. The summed E-state index contributed by atoms with van der Waals surface area (Å²) in [4.78, 5) is 24.1. The molecular weight excluding hydrogens is 309 g/mol. The number of nitrogens with one attached hydrogen (secondary N) is 1. The fourth-order valence-corrected chi connectivity index (χ4v) is 2.82. The molecule has 1 aliphatic rings. The van der Waals surface area contributed by atoms with Crippen LogP contribution in [0.3, 0.4) is 0 Å². The number of alkyl halides is 3. The lowest BCUT2D eigenvalue weighted by atomic mass is 9.89. The Hall–Kier alpha value is -2.05. The maximum absolute atomic E-state index is 12.9. The molecule has 1 aliphatic carbocycles. The van der Waals surface area contributed by atoms with Gasteiger partial charge in [-0.3, -0.25) is 9.59 Å². The Balaban J connectivity index is 2.33. The molecule has 1 fully saturated rings. The second kappa shape index (κ2) is 6.22. The van der Waals surface area contributed by atoms with Crippen molar-refractivity contribution >= 4 is 11.8 Å². The first-order valence-electron chi connectivity index (χ1n) is 7.44. The van der Waals surface area contributed by atoms with Gasteiger partial charge in [0.1, 0.15) is 5.54 Å². The van der Waals surface area contributed by atoms with E-state index in [-0.39, 0.29) is 17.4 Å². The van der Waals surface area contributed by atoms with E-state index in [1.807, 2.05) is 0 Å². The van der Waals surface area contributed by atoms with E-state index >= 15 is 0 Å². The van der Waals surface area contributed by atoms with Crippen LogP contribution in [-0.4, -0.2) is 11.8 Å². The first-order chi connectivity index (χ1) is 10.6. The number of hydrogen-bond acceptors (Lipinski definition) is 2. The fraction of sp³-hybridized carbons (Fsp3) is 0.500. The molecule has 0 radical (unpaired) electrons. The Morgan fingerprint density at radius 2 is 1.74 bits per heavy atom. The first-order valence-corrected chi connectivity index (χ1v) is 7.44. The van der Waals surface area contributed by atoms with E-state index < -0.39 is 23.2 Å². The summed E-state index contributed by atoms with van der Waals surface area (Å²) in [5.41, 5.74) is 2.82. The van der Waals surface area contributed by atoms with Crippen LogP contribution in [0.5, 0.6) is 0 Å². The van der Waals surface area contributed by atoms with Gasteiger partial charge in [-0.15, -0.1) is 0 Å². The standard InChI is InChI=1S/C16H19F3N2O2/c1-15(14(20)23,21-13(22)10-5-2-3-6-10)11-7-4-8-12(9-11)16(17,18)19/h4,7-10H,2-3,5-6H2,1H3,(H2,20,23)(H,21,22)/t15-/m1/s1. The van der Waals surface area contributed by atoms with Crippen molar-refractivity contribution in [2.45, 2.75) is 44.3 Å². The summed E-state index contributed by atoms with van der Waals surface area (Å²) in [7, 11) is 0. The van der Waals surface area contributed by atoms with Gasteiger partial charge in [-0.05, 0) is 37.5 Å². The van der Waals surface area contributed by atoms with Crippen LogP contribution in [0.25, 0.3) is 0 Å². The molecule has 1 saturated carbocycles. The zero-order valence-corrected chi connectivity index (χ0v) is 12.7. The Morgan fingerprint density at radius 1 is 1.17 bits per heavy atom. The van der Waals surface area contributed by atoms with Gasteiger partial charge in [-0.1, -0.05) is 25.0 Å². The number of hydrogen-bond donors (Lipinski definition) is 2. The van der Waals surface area contributed by atoms with E-state index in [4.69, 9.17) is 5.73 Å². The summed E-state index contributed by atoms with van der Waals surface area (Å²) in [6.07, 6.45) is -1.26. The van der Waals surface area contributed by atoms with Crippen molar-refractivity contribution in [3.05, 3.63) is 35.4 Å². The lowest BCUT2D eigenvalue weighted by Crippen LogP contribution is -2.54. The van der Waals surface area contributed by atoms with Crippen LogP contribution in [0.1, 0.15) is 43.7 Å². The van der Waals surface area contributed by atoms with E-state index in [2.05, 4.69) is 5.32 Å². The zero-order valence-electron chi connectivity index (χ0n) is 12.7. The molecule has 0 bridgehead atoms. The van der Waals surface area contributed by atoms with Crippen molar-refractivity contribution in [1.29, 1.82) is 0 Å². The van der Waals surface area contributed by atoms with Crippen molar-refractivity contribution < 1.29 is 22.8 Å². The summed E-state index contributed by atoms with van der Waals surface area (Å²) in [6, 6.07) is 4.30. The molecule has 2 amide bonds. The molecule has 0 saturated heterocycles. The largest absolute Gasteiger partial charge is 0.416 e. The molecule has 0 aromatic heterocycles. The van der Waals surface area contributed by atoms with Gasteiger partial charge in [-0.2, -0.15) is 13.2 Å². The Bertz CT molecular complexity index is 610. The van der Waals surface area contributed by atoms with E-state index in [1.165, 1.54) is 19.1 Å². The monoisotopic (exact) mass is 328 g/mol. The topological polar surface area (TPSA) is 72.2 Å². The van der Waals surface area contributed by atoms with Crippen LogP contribution in [-0.2, 0) is 21.3 Å². The normalized spacial score (nSPS) is 18.4. The molecule has 0 aliphatic heterocycles. The highest BCUT2D eigenvalue weighted by Gasteiger charge is 2.39. The molecule has 1 atom stereocenters. The second-order valence-corrected chi connectivity index (χ2v) is 6.04. The summed E-state index contributed by atoms with van der Waals surface area (Å²) < 4.78 is 38.6. The minimum absolute atomic E-state index is 0.0196. The number of carbonyl (C=O) groups excluding carboxylic acids is 2. The predicted octanol–water partition coefficient (Wildman–Crippen LogP) is 2.71. The lowest BCUT2D eigenvalue weighted by Gasteiger charge is -2.30. The van der Waals surface area contributed by atoms with Crippen molar-refractivity contribution in [2.24, 2.45) is 11.7 Å². The lowest BCUT2D eigenvalue weighted by molar-refractivity contribution is -0.138. The number of carbonyl (C=O) groups is 2. The number of rotatable bonds is 4. The highest BCUT2D eigenvalue weighted by atomic mass is 19.4. The Morgan fingerprint density at radius 3 is 2.26 bits per heavy atom. The van der Waals surface area contributed by atoms with Gasteiger partial charge in [-0.25, -0.2) is 0 Å². The van der Waals surface area contributed by atoms with Gasteiger partial charge in [0.25, 0.3) is 0 Å². The van der Waals surface area contributed by atoms with E-state index in [9.17, 15) is 22.8 Å². The molecule has 0 heterocycles. The van der Waals surface area contributed by atoms with Gasteiger partial charge in [0.05, 0.1) is 5.56 Å². The molecule has 1 aromatic rings. The third-order valence-electron chi connectivity index (χ3n) is 4.36.